The number of alkyl halides is 3. The monoisotopic (exact) mass is 352 g/mol. The highest BCUT2D eigenvalue weighted by atomic mass is 19.4. The summed E-state index contributed by atoms with van der Waals surface area (Å²) in [5, 5.41) is 0. The zero-order valence-electron chi connectivity index (χ0n) is 14.3. The molecule has 0 spiro atoms. The predicted octanol–water partition coefficient (Wildman–Crippen LogP) is 5.78. The summed E-state index contributed by atoms with van der Waals surface area (Å²) >= 11 is 0. The molecule has 1 aliphatic carbocycles. The normalized spacial score (nSPS) is 32.8. The van der Waals surface area contributed by atoms with Crippen LogP contribution in [0.4, 0.5) is 17.6 Å². The highest BCUT2D eigenvalue weighted by Gasteiger charge is 2.32. The average molecular weight is 352 g/mol. The molecule has 1 saturated heterocycles. The molecule has 0 aromatic carbocycles. The molecule has 1 saturated carbocycles. The topological polar surface area (TPSA) is 18.5 Å². The Morgan fingerprint density at radius 1 is 0.917 bits per heavy atom. The molecule has 1 aliphatic heterocycles. The molecule has 2 rings (SSSR count). The number of hydrogen-bond donors (Lipinski definition) is 0. The Labute approximate surface area is 141 Å². The van der Waals surface area contributed by atoms with Crippen molar-refractivity contribution in [2.45, 2.75) is 70.8 Å². The van der Waals surface area contributed by atoms with E-state index in [1.54, 1.807) is 0 Å². The van der Waals surface area contributed by atoms with E-state index in [9.17, 15) is 17.6 Å². The summed E-state index contributed by atoms with van der Waals surface area (Å²) in [5.41, 5.74) is 0. The Morgan fingerprint density at radius 2 is 1.42 bits per heavy atom. The molecule has 2 aliphatic rings. The standard InChI is InChI=1S/C18H28F4O2/c1-2-3-13-4-6-14(7-5-13)8-9-15-11-23-17(24-12-15)16(19)10-18(20,21)22/h10,13-15,17H,2-9,11-12H2,1H3/b16-10-. The van der Waals surface area contributed by atoms with Crippen molar-refractivity contribution in [2.24, 2.45) is 17.8 Å². The van der Waals surface area contributed by atoms with Crippen molar-refractivity contribution in [1.82, 2.24) is 0 Å². The number of hydrogen-bond acceptors (Lipinski definition) is 2. The molecule has 0 unspecified atom stereocenters. The van der Waals surface area contributed by atoms with E-state index in [-0.39, 0.29) is 19.1 Å². The summed E-state index contributed by atoms with van der Waals surface area (Å²) in [6.07, 6.45) is 3.18. The summed E-state index contributed by atoms with van der Waals surface area (Å²) in [4.78, 5) is 0. The molecular formula is C18H28F4O2. The Hall–Kier alpha value is -0.620. The van der Waals surface area contributed by atoms with Crippen molar-refractivity contribution >= 4 is 0 Å². The lowest BCUT2D eigenvalue weighted by Gasteiger charge is -2.32. The quantitative estimate of drug-likeness (QED) is 0.564. The van der Waals surface area contributed by atoms with Gasteiger partial charge in [0.2, 0.25) is 6.29 Å². The molecule has 0 aromatic heterocycles. The summed E-state index contributed by atoms with van der Waals surface area (Å²) in [7, 11) is 0. The van der Waals surface area contributed by atoms with Gasteiger partial charge in [0.25, 0.3) is 0 Å². The van der Waals surface area contributed by atoms with Gasteiger partial charge in [-0.3, -0.25) is 0 Å². The minimum absolute atomic E-state index is 0.147. The minimum Gasteiger partial charge on any atom is -0.346 e. The van der Waals surface area contributed by atoms with Crippen molar-refractivity contribution in [1.29, 1.82) is 0 Å². The fourth-order valence-corrected chi connectivity index (χ4v) is 3.78. The highest BCUT2D eigenvalue weighted by molar-refractivity contribution is 5.00. The van der Waals surface area contributed by atoms with Gasteiger partial charge in [-0.05, 0) is 18.3 Å². The molecule has 2 fully saturated rings. The number of allylic oxidation sites excluding steroid dienone is 1. The van der Waals surface area contributed by atoms with Gasteiger partial charge in [0, 0.05) is 5.92 Å². The Morgan fingerprint density at radius 3 is 1.92 bits per heavy atom. The van der Waals surface area contributed by atoms with Crippen LogP contribution in [-0.4, -0.2) is 25.7 Å². The van der Waals surface area contributed by atoms with Gasteiger partial charge < -0.3 is 9.47 Å². The van der Waals surface area contributed by atoms with E-state index in [2.05, 4.69) is 6.92 Å². The average Bonchev–Trinajstić information content (AvgIpc) is 2.53. The van der Waals surface area contributed by atoms with Crippen LogP contribution in [0, 0.1) is 17.8 Å². The van der Waals surface area contributed by atoms with Crippen LogP contribution >= 0.6 is 0 Å². The first-order valence-corrected chi connectivity index (χ1v) is 9.05. The third-order valence-corrected chi connectivity index (χ3v) is 5.14. The maximum Gasteiger partial charge on any atom is 0.412 e. The van der Waals surface area contributed by atoms with Crippen molar-refractivity contribution in [3.8, 4) is 0 Å². The van der Waals surface area contributed by atoms with Crippen molar-refractivity contribution in [3.05, 3.63) is 11.9 Å². The number of rotatable bonds is 6. The second-order valence-corrected chi connectivity index (χ2v) is 7.19. The molecule has 6 heteroatoms. The van der Waals surface area contributed by atoms with Crippen LogP contribution in [0.2, 0.25) is 0 Å². The van der Waals surface area contributed by atoms with E-state index in [1.807, 2.05) is 0 Å². The first-order chi connectivity index (χ1) is 11.4. The fraction of sp³-hybridized carbons (Fsp3) is 0.889. The van der Waals surface area contributed by atoms with E-state index < -0.39 is 24.4 Å². The molecule has 0 amide bonds. The largest absolute Gasteiger partial charge is 0.412 e. The highest BCUT2D eigenvalue weighted by Crippen LogP contribution is 2.35. The third kappa shape index (κ3) is 6.71. The molecular weight excluding hydrogens is 324 g/mol. The van der Waals surface area contributed by atoms with Crippen LogP contribution < -0.4 is 0 Å². The van der Waals surface area contributed by atoms with Crippen molar-refractivity contribution in [3.63, 3.8) is 0 Å². The van der Waals surface area contributed by atoms with E-state index >= 15 is 0 Å². The lowest BCUT2D eigenvalue weighted by Crippen LogP contribution is -2.33. The smallest absolute Gasteiger partial charge is 0.346 e. The Bertz CT molecular complexity index is 392. The van der Waals surface area contributed by atoms with Crippen molar-refractivity contribution in [2.75, 3.05) is 13.2 Å². The lowest BCUT2D eigenvalue weighted by molar-refractivity contribution is -0.191. The number of halogens is 4. The van der Waals surface area contributed by atoms with Crippen LogP contribution in [-0.2, 0) is 9.47 Å². The molecule has 2 nitrogen and oxygen atoms in total. The Balaban J connectivity index is 1.64. The van der Waals surface area contributed by atoms with Gasteiger partial charge in [-0.15, -0.1) is 0 Å². The number of ether oxygens (including phenoxy) is 2. The molecule has 140 valence electrons. The third-order valence-electron chi connectivity index (χ3n) is 5.14. The van der Waals surface area contributed by atoms with E-state index in [4.69, 9.17) is 9.47 Å². The van der Waals surface area contributed by atoms with Gasteiger partial charge in [-0.2, -0.15) is 13.2 Å². The van der Waals surface area contributed by atoms with Crippen LogP contribution in [0.1, 0.15) is 58.3 Å². The summed E-state index contributed by atoms with van der Waals surface area (Å²) in [6.45, 7) is 2.75. The van der Waals surface area contributed by atoms with Crippen LogP contribution in [0.25, 0.3) is 0 Å². The van der Waals surface area contributed by atoms with Gasteiger partial charge in [-0.25, -0.2) is 4.39 Å². The molecule has 0 atom stereocenters. The van der Waals surface area contributed by atoms with Crippen molar-refractivity contribution < 1.29 is 27.0 Å². The zero-order valence-corrected chi connectivity index (χ0v) is 14.3. The van der Waals surface area contributed by atoms with Gasteiger partial charge in [0.05, 0.1) is 19.3 Å². The molecule has 0 N–H and O–H groups in total. The van der Waals surface area contributed by atoms with Gasteiger partial charge in [0.15, 0.2) is 5.83 Å². The van der Waals surface area contributed by atoms with E-state index in [1.165, 1.54) is 38.5 Å². The maximum atomic E-state index is 13.4. The molecule has 0 bridgehead atoms. The Kier molecular flexibility index (Phi) is 7.54. The van der Waals surface area contributed by atoms with E-state index in [0.717, 1.165) is 24.7 Å². The molecule has 24 heavy (non-hydrogen) atoms. The van der Waals surface area contributed by atoms with Crippen LogP contribution in [0.3, 0.4) is 0 Å². The molecule has 1 heterocycles. The first-order valence-electron chi connectivity index (χ1n) is 9.05. The molecule has 0 radical (unpaired) electrons. The molecule has 0 aromatic rings. The summed E-state index contributed by atoms with van der Waals surface area (Å²) in [6, 6.07) is 0. The van der Waals surface area contributed by atoms with Gasteiger partial charge >= 0.3 is 6.18 Å². The fourth-order valence-electron chi connectivity index (χ4n) is 3.78. The summed E-state index contributed by atoms with van der Waals surface area (Å²) < 4.78 is 60.0. The van der Waals surface area contributed by atoms with Crippen LogP contribution in [0.5, 0.6) is 0 Å². The first kappa shape index (κ1) is 19.7. The minimum atomic E-state index is -4.69. The SMILES string of the molecule is CCCC1CCC(CCC2COC(/C(F)=C/C(F)(F)F)OC2)CC1. The predicted molar refractivity (Wildman–Crippen MR) is 84.0 cm³/mol. The van der Waals surface area contributed by atoms with Crippen LogP contribution in [0.15, 0.2) is 11.9 Å². The van der Waals surface area contributed by atoms with Gasteiger partial charge in [-0.1, -0.05) is 51.9 Å². The lowest BCUT2D eigenvalue weighted by atomic mass is 9.77. The summed E-state index contributed by atoms with van der Waals surface area (Å²) in [5.74, 6) is 0.359. The zero-order chi connectivity index (χ0) is 17.6. The second-order valence-electron chi connectivity index (χ2n) is 7.19. The van der Waals surface area contributed by atoms with E-state index in [0.29, 0.717) is 0 Å². The maximum absolute atomic E-state index is 13.4. The van der Waals surface area contributed by atoms with Gasteiger partial charge in [0.1, 0.15) is 0 Å². The second kappa shape index (κ2) is 9.18.